The summed E-state index contributed by atoms with van der Waals surface area (Å²) < 4.78 is 11.6. The molecule has 1 aromatic carbocycles. The molecular weight excluding hydrogens is 369 g/mol. The smallest absolute Gasteiger partial charge is 0.320 e. The van der Waals surface area contributed by atoms with E-state index in [2.05, 4.69) is 4.99 Å². The molecule has 2 atom stereocenters. The zero-order chi connectivity index (χ0) is 18.4. The van der Waals surface area contributed by atoms with E-state index < -0.39 is 29.8 Å². The van der Waals surface area contributed by atoms with Crippen LogP contribution in [0.25, 0.3) is 0 Å². The van der Waals surface area contributed by atoms with E-state index in [1.165, 1.54) is 42.2 Å². The first-order valence-corrected chi connectivity index (χ1v) is 9.84. The lowest BCUT2D eigenvalue weighted by Gasteiger charge is -2.48. The molecule has 3 rings (SSSR count). The third-order valence-electron chi connectivity index (χ3n) is 3.86. The molecule has 2 heterocycles. The summed E-state index contributed by atoms with van der Waals surface area (Å²) in [6, 6.07) is 4.98. The Balaban J connectivity index is 1.78. The fourth-order valence-electron chi connectivity index (χ4n) is 2.69. The molecule has 0 unspecified atom stereocenters. The van der Waals surface area contributed by atoms with Gasteiger partial charge in [-0.05, 0) is 30.2 Å². The second kappa shape index (κ2) is 6.38. The van der Waals surface area contributed by atoms with Gasteiger partial charge in [0.25, 0.3) is 11.6 Å². The lowest BCUT2D eigenvalue weighted by Crippen LogP contribution is -2.63. The van der Waals surface area contributed by atoms with Crippen molar-refractivity contribution in [3.63, 3.8) is 0 Å². The zero-order valence-corrected chi connectivity index (χ0v) is 14.7. The van der Waals surface area contributed by atoms with Gasteiger partial charge in [0.2, 0.25) is 0 Å². The first-order valence-electron chi connectivity index (χ1n) is 7.18. The number of nitrogens with zero attached hydrogens (tertiary/aromatic N) is 3. The maximum Gasteiger partial charge on any atom is 0.372 e. The maximum absolute atomic E-state index is 12.3. The van der Waals surface area contributed by atoms with Crippen LogP contribution >= 0.6 is 19.4 Å². The van der Waals surface area contributed by atoms with E-state index in [0.717, 1.165) is 4.90 Å². The molecule has 0 saturated carbocycles. The van der Waals surface area contributed by atoms with Crippen LogP contribution in [0.5, 0.6) is 0 Å². The van der Waals surface area contributed by atoms with Crippen molar-refractivity contribution < 1.29 is 24.1 Å². The van der Waals surface area contributed by atoms with Crippen molar-refractivity contribution in [3.05, 3.63) is 51.0 Å². The molecule has 25 heavy (non-hydrogen) atoms. The number of amides is 1. The molecular formula is C14H14N3O6PS. The van der Waals surface area contributed by atoms with Gasteiger partial charge in [-0.3, -0.25) is 29.4 Å². The van der Waals surface area contributed by atoms with Crippen molar-refractivity contribution in [3.8, 4) is 0 Å². The van der Waals surface area contributed by atoms with Crippen LogP contribution in [0, 0.1) is 10.1 Å². The standard InChI is InChI=1S/C14H14N3O6PS/c1-8-7-25-14-11(12(18)16(14)13(8)24(21,22)23)15-6-9-2-4-10(5-3-9)17(19)20/h2-6,11,14H,7H2,1H3,(H2,21,22,23)/b15-6+/t11-,14+/m0/s1. The van der Waals surface area contributed by atoms with E-state index in [4.69, 9.17) is 0 Å². The molecule has 0 bridgehead atoms. The average Bonchev–Trinajstić information content (AvgIpc) is 2.54. The fourth-order valence-corrected chi connectivity index (χ4v) is 5.24. The molecule has 132 valence electrons. The van der Waals surface area contributed by atoms with Crippen molar-refractivity contribution in [1.82, 2.24) is 4.90 Å². The summed E-state index contributed by atoms with van der Waals surface area (Å²) in [5.41, 5.74) is 0.821. The minimum atomic E-state index is -4.54. The highest BCUT2D eigenvalue weighted by molar-refractivity contribution is 8.00. The number of nitro groups is 1. The lowest BCUT2D eigenvalue weighted by molar-refractivity contribution is -0.384. The van der Waals surface area contributed by atoms with Crippen LogP contribution in [0.4, 0.5) is 5.69 Å². The Hall–Kier alpha value is -2.00. The van der Waals surface area contributed by atoms with Crippen molar-refractivity contribution in [2.45, 2.75) is 18.3 Å². The molecule has 1 amide bonds. The molecule has 0 aromatic heterocycles. The van der Waals surface area contributed by atoms with E-state index in [-0.39, 0.29) is 11.1 Å². The molecule has 9 nitrogen and oxygen atoms in total. The summed E-state index contributed by atoms with van der Waals surface area (Å²) in [6.45, 7) is 1.60. The lowest BCUT2D eigenvalue weighted by atomic mass is 10.1. The molecule has 1 fully saturated rings. The highest BCUT2D eigenvalue weighted by Gasteiger charge is 2.54. The Bertz CT molecular complexity index is 847. The normalized spacial score (nSPS) is 23.6. The molecule has 0 radical (unpaired) electrons. The van der Waals surface area contributed by atoms with Gasteiger partial charge in [-0.15, -0.1) is 11.8 Å². The Morgan fingerprint density at radius 1 is 1.40 bits per heavy atom. The predicted molar refractivity (Wildman–Crippen MR) is 92.3 cm³/mol. The largest absolute Gasteiger partial charge is 0.372 e. The van der Waals surface area contributed by atoms with E-state index in [1.807, 2.05) is 0 Å². The summed E-state index contributed by atoms with van der Waals surface area (Å²) in [4.78, 5) is 46.7. The van der Waals surface area contributed by atoms with Crippen LogP contribution < -0.4 is 0 Å². The summed E-state index contributed by atoms with van der Waals surface area (Å²) in [5, 5.41) is 10.2. The first-order chi connectivity index (χ1) is 11.7. The van der Waals surface area contributed by atoms with Crippen LogP contribution in [0.3, 0.4) is 0 Å². The Morgan fingerprint density at radius 3 is 2.60 bits per heavy atom. The highest BCUT2D eigenvalue weighted by Crippen LogP contribution is 2.56. The van der Waals surface area contributed by atoms with Gasteiger partial charge in [0, 0.05) is 24.1 Å². The summed E-state index contributed by atoms with van der Waals surface area (Å²) in [7, 11) is -4.54. The van der Waals surface area contributed by atoms with Crippen molar-refractivity contribution >= 4 is 37.2 Å². The number of thioether (sulfide) groups is 1. The number of β-lactam (4-membered cyclic amide) rings is 1. The number of aliphatic imine (C=N–C) groups is 1. The SMILES string of the molecule is CC1=C(P(=O)(O)O)N2C(=O)[C@H](/N=C/c3ccc([N+](=O)[O-])cc3)[C@H]2SC1. The van der Waals surface area contributed by atoms with Gasteiger partial charge >= 0.3 is 7.60 Å². The maximum atomic E-state index is 12.3. The third kappa shape index (κ3) is 3.25. The van der Waals surface area contributed by atoms with Crippen LogP contribution in [0.2, 0.25) is 0 Å². The van der Waals surface area contributed by atoms with Gasteiger partial charge in [0.15, 0.2) is 6.04 Å². The van der Waals surface area contributed by atoms with Gasteiger partial charge in [0.1, 0.15) is 10.8 Å². The number of hydrogen-bond donors (Lipinski definition) is 2. The monoisotopic (exact) mass is 383 g/mol. The van der Waals surface area contributed by atoms with E-state index in [0.29, 0.717) is 16.9 Å². The number of fused-ring (bicyclic) bond motifs is 1. The van der Waals surface area contributed by atoms with E-state index in [9.17, 15) is 29.3 Å². The van der Waals surface area contributed by atoms with Crippen LogP contribution in [-0.2, 0) is 9.36 Å². The molecule has 0 aliphatic carbocycles. The minimum Gasteiger partial charge on any atom is -0.320 e. The van der Waals surface area contributed by atoms with Gasteiger partial charge in [-0.25, -0.2) is 0 Å². The van der Waals surface area contributed by atoms with Gasteiger partial charge < -0.3 is 9.79 Å². The predicted octanol–water partition coefficient (Wildman–Crippen LogP) is 1.71. The Kier molecular flexibility index (Phi) is 4.54. The van der Waals surface area contributed by atoms with Gasteiger partial charge in [-0.1, -0.05) is 0 Å². The number of carbonyl (C=O) groups is 1. The van der Waals surface area contributed by atoms with Gasteiger partial charge in [-0.2, -0.15) is 0 Å². The van der Waals surface area contributed by atoms with Gasteiger partial charge in [0.05, 0.1) is 4.92 Å². The van der Waals surface area contributed by atoms with Crippen molar-refractivity contribution in [2.24, 2.45) is 4.99 Å². The third-order valence-corrected chi connectivity index (χ3v) is 6.42. The number of carbonyl (C=O) groups excluding carboxylic acids is 1. The van der Waals surface area contributed by atoms with Crippen LogP contribution in [-0.4, -0.2) is 48.9 Å². The average molecular weight is 383 g/mol. The molecule has 2 N–H and O–H groups in total. The van der Waals surface area contributed by atoms with E-state index >= 15 is 0 Å². The number of non-ortho nitro benzene ring substituents is 1. The molecule has 1 aromatic rings. The summed E-state index contributed by atoms with van der Waals surface area (Å²) in [6.07, 6.45) is 1.44. The number of benzene rings is 1. The van der Waals surface area contributed by atoms with Crippen LogP contribution in [0.15, 0.2) is 40.3 Å². The Labute approximate surface area is 146 Å². The first kappa shape index (κ1) is 17.8. The highest BCUT2D eigenvalue weighted by atomic mass is 32.2. The summed E-state index contributed by atoms with van der Waals surface area (Å²) in [5.74, 6) is -0.0497. The second-order valence-electron chi connectivity index (χ2n) is 5.63. The Morgan fingerprint density at radius 2 is 2.04 bits per heavy atom. The quantitative estimate of drug-likeness (QED) is 0.266. The topological polar surface area (TPSA) is 133 Å². The fraction of sp³-hybridized carbons (Fsp3) is 0.286. The zero-order valence-electron chi connectivity index (χ0n) is 13.0. The number of hydrogen-bond acceptors (Lipinski definition) is 6. The molecule has 2 aliphatic rings. The molecule has 1 saturated heterocycles. The van der Waals surface area contributed by atoms with Crippen molar-refractivity contribution in [1.29, 1.82) is 0 Å². The molecule has 2 aliphatic heterocycles. The number of nitro benzene ring substituents is 1. The summed E-state index contributed by atoms with van der Waals surface area (Å²) >= 11 is 1.40. The second-order valence-corrected chi connectivity index (χ2v) is 8.25. The minimum absolute atomic E-state index is 0.0437. The van der Waals surface area contributed by atoms with Crippen molar-refractivity contribution in [2.75, 3.05) is 5.75 Å². The molecule has 0 spiro atoms. The molecule has 11 heteroatoms. The van der Waals surface area contributed by atoms with E-state index in [1.54, 1.807) is 6.92 Å². The number of rotatable bonds is 4. The van der Waals surface area contributed by atoms with Crippen LogP contribution in [0.1, 0.15) is 12.5 Å².